The number of non-ortho nitro benzene ring substituents is 1. The lowest BCUT2D eigenvalue weighted by molar-refractivity contribution is -0.385. The quantitative estimate of drug-likeness (QED) is 0.458. The Bertz CT molecular complexity index is 405. The molecule has 1 atom stereocenters. The molecule has 1 rings (SSSR count). The molecule has 7 heteroatoms. The van der Waals surface area contributed by atoms with Crippen LogP contribution in [0.1, 0.15) is 0 Å². The van der Waals surface area contributed by atoms with Crippen molar-refractivity contribution in [1.82, 2.24) is 0 Å². The Morgan fingerprint density at radius 3 is 2.75 bits per heavy atom. The van der Waals surface area contributed by atoms with Gasteiger partial charge in [-0.25, -0.2) is 4.79 Å². The van der Waals surface area contributed by atoms with Crippen molar-refractivity contribution in [3.63, 3.8) is 0 Å². The van der Waals surface area contributed by atoms with Gasteiger partial charge in [0, 0.05) is 13.2 Å². The van der Waals surface area contributed by atoms with Crippen LogP contribution in [0.15, 0.2) is 24.3 Å². The van der Waals surface area contributed by atoms with E-state index >= 15 is 0 Å². The van der Waals surface area contributed by atoms with Gasteiger partial charge < -0.3 is 14.6 Å². The van der Waals surface area contributed by atoms with Crippen molar-refractivity contribution in [2.45, 2.75) is 6.29 Å². The van der Waals surface area contributed by atoms with Crippen LogP contribution in [0.25, 0.3) is 0 Å². The van der Waals surface area contributed by atoms with Gasteiger partial charge in [0.2, 0.25) is 0 Å². The monoisotopic (exact) mass is 227 g/mol. The van der Waals surface area contributed by atoms with Gasteiger partial charge in [0.25, 0.3) is 12.0 Å². The van der Waals surface area contributed by atoms with E-state index in [0.29, 0.717) is 0 Å². The minimum Gasteiger partial charge on any atom is -0.477 e. The van der Waals surface area contributed by atoms with Gasteiger partial charge in [-0.2, -0.15) is 0 Å². The second kappa shape index (κ2) is 5.08. The lowest BCUT2D eigenvalue weighted by Gasteiger charge is -2.12. The molecular weight excluding hydrogens is 218 g/mol. The molecule has 1 N–H and O–H groups in total. The number of aliphatic carboxylic acids is 1. The lowest BCUT2D eigenvalue weighted by atomic mass is 10.3. The van der Waals surface area contributed by atoms with Crippen LogP contribution < -0.4 is 4.74 Å². The van der Waals surface area contributed by atoms with Gasteiger partial charge in [-0.3, -0.25) is 10.1 Å². The zero-order valence-electron chi connectivity index (χ0n) is 8.32. The van der Waals surface area contributed by atoms with E-state index in [0.717, 1.165) is 13.2 Å². The van der Waals surface area contributed by atoms with Crippen molar-refractivity contribution in [2.75, 3.05) is 7.11 Å². The smallest absolute Gasteiger partial charge is 0.373 e. The zero-order chi connectivity index (χ0) is 12.1. The number of nitro benzene ring substituents is 1. The highest BCUT2D eigenvalue weighted by molar-refractivity contribution is 5.71. The van der Waals surface area contributed by atoms with Crippen molar-refractivity contribution in [1.29, 1.82) is 0 Å². The fourth-order valence-corrected chi connectivity index (χ4v) is 0.993. The standard InChI is InChI=1S/C9H9NO6/c1-15-9(8(11)12)16-7-4-2-3-6(5-7)10(13)14/h2-5,9H,1H3,(H,11,12). The summed E-state index contributed by atoms with van der Waals surface area (Å²) in [5.74, 6) is -1.25. The van der Waals surface area contributed by atoms with E-state index < -0.39 is 17.2 Å². The molecule has 0 radical (unpaired) electrons. The summed E-state index contributed by atoms with van der Waals surface area (Å²) in [6.07, 6.45) is -1.48. The fourth-order valence-electron chi connectivity index (χ4n) is 0.993. The third-order valence-electron chi connectivity index (χ3n) is 1.69. The molecule has 0 aliphatic carbocycles. The number of carboxylic acids is 1. The highest BCUT2D eigenvalue weighted by Crippen LogP contribution is 2.20. The topological polar surface area (TPSA) is 98.9 Å². The average molecular weight is 227 g/mol. The first-order chi connectivity index (χ1) is 7.54. The van der Waals surface area contributed by atoms with Gasteiger partial charge in [-0.05, 0) is 6.07 Å². The summed E-state index contributed by atoms with van der Waals surface area (Å²) in [4.78, 5) is 20.4. The number of ether oxygens (including phenoxy) is 2. The number of benzene rings is 1. The van der Waals surface area contributed by atoms with E-state index in [2.05, 4.69) is 4.74 Å². The second-order valence-electron chi connectivity index (χ2n) is 2.78. The number of rotatable bonds is 5. The van der Waals surface area contributed by atoms with Gasteiger partial charge in [-0.1, -0.05) is 6.07 Å². The van der Waals surface area contributed by atoms with Crippen LogP contribution >= 0.6 is 0 Å². The molecule has 0 spiro atoms. The number of carbonyl (C=O) groups is 1. The molecule has 16 heavy (non-hydrogen) atoms. The maximum Gasteiger partial charge on any atom is 0.373 e. The Balaban J connectivity index is 2.84. The van der Waals surface area contributed by atoms with E-state index in [1.54, 1.807) is 0 Å². The Hall–Kier alpha value is -2.15. The number of hydrogen-bond acceptors (Lipinski definition) is 5. The van der Waals surface area contributed by atoms with Crippen LogP contribution in [0.3, 0.4) is 0 Å². The summed E-state index contributed by atoms with van der Waals surface area (Å²) < 4.78 is 9.41. The third-order valence-corrected chi connectivity index (χ3v) is 1.69. The van der Waals surface area contributed by atoms with Crippen molar-refractivity contribution in [2.24, 2.45) is 0 Å². The number of methoxy groups -OCH3 is 1. The van der Waals surface area contributed by atoms with Crippen LogP contribution in [-0.4, -0.2) is 29.4 Å². The normalized spacial score (nSPS) is 11.8. The first-order valence-electron chi connectivity index (χ1n) is 4.21. The van der Waals surface area contributed by atoms with Crippen LogP contribution in [0, 0.1) is 10.1 Å². The summed E-state index contributed by atoms with van der Waals surface area (Å²) >= 11 is 0. The number of hydrogen-bond donors (Lipinski definition) is 1. The minimum absolute atomic E-state index is 0.0588. The van der Waals surface area contributed by atoms with Gasteiger partial charge in [0.15, 0.2) is 0 Å². The Labute approximate surface area is 90.4 Å². The molecule has 0 fully saturated rings. The summed E-state index contributed by atoms with van der Waals surface area (Å²) in [6.45, 7) is 0. The summed E-state index contributed by atoms with van der Waals surface area (Å²) in [5, 5.41) is 19.1. The Morgan fingerprint density at radius 1 is 1.56 bits per heavy atom. The van der Waals surface area contributed by atoms with E-state index in [4.69, 9.17) is 9.84 Å². The molecule has 0 bridgehead atoms. The zero-order valence-corrected chi connectivity index (χ0v) is 8.32. The molecule has 0 heterocycles. The lowest BCUT2D eigenvalue weighted by Crippen LogP contribution is -2.28. The average Bonchev–Trinajstić information content (AvgIpc) is 2.25. The molecule has 1 unspecified atom stereocenters. The van der Waals surface area contributed by atoms with Crippen molar-refractivity contribution >= 4 is 11.7 Å². The van der Waals surface area contributed by atoms with E-state index in [1.807, 2.05) is 0 Å². The highest BCUT2D eigenvalue weighted by Gasteiger charge is 2.19. The van der Waals surface area contributed by atoms with Gasteiger partial charge in [-0.15, -0.1) is 0 Å². The van der Waals surface area contributed by atoms with Crippen molar-refractivity contribution in [3.05, 3.63) is 34.4 Å². The highest BCUT2D eigenvalue weighted by atomic mass is 16.7. The summed E-state index contributed by atoms with van der Waals surface area (Å²) in [5.41, 5.74) is -0.183. The van der Waals surface area contributed by atoms with E-state index in [-0.39, 0.29) is 11.4 Å². The Morgan fingerprint density at radius 2 is 2.25 bits per heavy atom. The van der Waals surface area contributed by atoms with E-state index in [1.165, 1.54) is 18.2 Å². The molecule has 0 saturated carbocycles. The second-order valence-corrected chi connectivity index (χ2v) is 2.78. The van der Waals surface area contributed by atoms with Crippen LogP contribution in [-0.2, 0) is 9.53 Å². The number of nitro groups is 1. The number of carboxylic acid groups (broad SMARTS) is 1. The molecule has 0 saturated heterocycles. The van der Waals surface area contributed by atoms with Crippen LogP contribution in [0.4, 0.5) is 5.69 Å². The molecule has 1 aromatic carbocycles. The molecule has 0 amide bonds. The molecule has 0 aromatic heterocycles. The molecule has 1 aromatic rings. The summed E-state index contributed by atoms with van der Waals surface area (Å²) in [7, 11) is 1.16. The molecule has 0 aliphatic heterocycles. The van der Waals surface area contributed by atoms with Gasteiger partial charge in [0.05, 0.1) is 11.0 Å². The predicted molar refractivity (Wildman–Crippen MR) is 52.2 cm³/mol. The molecule has 86 valence electrons. The van der Waals surface area contributed by atoms with Gasteiger partial charge >= 0.3 is 5.97 Å². The maximum atomic E-state index is 10.6. The molecule has 0 aliphatic rings. The first-order valence-corrected chi connectivity index (χ1v) is 4.21. The maximum absolute atomic E-state index is 10.6. The van der Waals surface area contributed by atoms with Crippen LogP contribution in [0.5, 0.6) is 5.75 Å². The van der Waals surface area contributed by atoms with Gasteiger partial charge in [0.1, 0.15) is 5.75 Å². The molecule has 7 nitrogen and oxygen atoms in total. The van der Waals surface area contributed by atoms with E-state index in [9.17, 15) is 14.9 Å². The first kappa shape index (κ1) is 11.9. The minimum atomic E-state index is -1.48. The third kappa shape index (κ3) is 2.92. The van der Waals surface area contributed by atoms with Crippen molar-refractivity contribution in [3.8, 4) is 5.75 Å². The predicted octanol–water partition coefficient (Wildman–Crippen LogP) is 1.03. The number of nitrogens with zero attached hydrogens (tertiary/aromatic N) is 1. The van der Waals surface area contributed by atoms with Crippen LogP contribution in [0.2, 0.25) is 0 Å². The summed E-state index contributed by atoms with van der Waals surface area (Å²) in [6, 6.07) is 5.19. The Kier molecular flexibility index (Phi) is 3.78. The SMILES string of the molecule is COC(Oc1cccc([N+](=O)[O-])c1)C(=O)O. The molecular formula is C9H9NO6. The van der Waals surface area contributed by atoms with Crippen molar-refractivity contribution < 1.29 is 24.3 Å². The largest absolute Gasteiger partial charge is 0.477 e. The fraction of sp³-hybridized carbons (Fsp3) is 0.222.